The Hall–Kier alpha value is -2.41. The van der Waals surface area contributed by atoms with Crippen LogP contribution in [0.5, 0.6) is 0 Å². The van der Waals surface area contributed by atoms with Gasteiger partial charge in [0.25, 0.3) is 5.91 Å². The molecule has 3 aromatic rings. The van der Waals surface area contributed by atoms with E-state index in [9.17, 15) is 4.79 Å². The van der Waals surface area contributed by atoms with Crippen LogP contribution in [0.15, 0.2) is 34.4 Å². The number of nitrogens with zero attached hydrogens (tertiary/aromatic N) is 2. The van der Waals surface area contributed by atoms with Crippen molar-refractivity contribution in [1.82, 2.24) is 15.2 Å². The Kier molecular flexibility index (Phi) is 3.34. The van der Waals surface area contributed by atoms with E-state index < -0.39 is 0 Å². The minimum absolute atomic E-state index is 0.266. The van der Waals surface area contributed by atoms with Crippen LogP contribution in [0, 0.1) is 0 Å². The number of thiazole rings is 1. The highest BCUT2D eigenvalue weighted by Crippen LogP contribution is 2.24. The third-order valence-corrected chi connectivity index (χ3v) is 3.66. The van der Waals surface area contributed by atoms with Gasteiger partial charge in [-0.25, -0.2) is 4.98 Å². The van der Waals surface area contributed by atoms with Crippen molar-refractivity contribution in [1.29, 1.82) is 0 Å². The first-order valence-electron chi connectivity index (χ1n) is 6.11. The number of carbonyl (C=O) groups is 1. The second kappa shape index (κ2) is 5.30. The summed E-state index contributed by atoms with van der Waals surface area (Å²) in [5.74, 6) is 1.01. The van der Waals surface area contributed by atoms with Gasteiger partial charge in [-0.1, -0.05) is 6.92 Å². The van der Waals surface area contributed by atoms with E-state index in [1.807, 2.05) is 13.0 Å². The molecule has 0 aromatic carbocycles. The Morgan fingerprint density at radius 2 is 2.45 bits per heavy atom. The summed E-state index contributed by atoms with van der Waals surface area (Å²) in [6.45, 7) is 2.00. The molecule has 3 heterocycles. The number of hydrogen-bond acceptors (Lipinski definition) is 5. The predicted molar refractivity (Wildman–Crippen MR) is 75.7 cm³/mol. The largest absolute Gasteiger partial charge is 0.462 e. The summed E-state index contributed by atoms with van der Waals surface area (Å²) in [6, 6.07) is 3.60. The maximum atomic E-state index is 12.1. The molecule has 20 heavy (non-hydrogen) atoms. The summed E-state index contributed by atoms with van der Waals surface area (Å²) in [7, 11) is 0. The zero-order valence-corrected chi connectivity index (χ0v) is 11.5. The Bertz CT molecular complexity index is 714. The van der Waals surface area contributed by atoms with E-state index in [4.69, 9.17) is 4.42 Å². The lowest BCUT2D eigenvalue weighted by Gasteiger charge is -2.01. The van der Waals surface area contributed by atoms with Gasteiger partial charge in [-0.05, 0) is 18.6 Å². The molecular weight excluding hydrogens is 276 g/mol. The smallest absolute Gasteiger partial charge is 0.276 e. The van der Waals surface area contributed by atoms with Gasteiger partial charge in [0.2, 0.25) is 0 Å². The SMILES string of the molecule is CCc1cn[nH]c1NC(=O)c1csc(-c2ccco2)n1. The first-order valence-corrected chi connectivity index (χ1v) is 6.99. The van der Waals surface area contributed by atoms with Crippen molar-refractivity contribution in [2.75, 3.05) is 5.32 Å². The van der Waals surface area contributed by atoms with Gasteiger partial charge >= 0.3 is 0 Å². The lowest BCUT2D eigenvalue weighted by molar-refractivity contribution is 0.102. The average molecular weight is 288 g/mol. The van der Waals surface area contributed by atoms with Crippen LogP contribution in [0.3, 0.4) is 0 Å². The molecule has 0 aliphatic rings. The molecule has 0 unspecified atom stereocenters. The molecule has 102 valence electrons. The molecule has 2 N–H and O–H groups in total. The maximum Gasteiger partial charge on any atom is 0.276 e. The zero-order valence-electron chi connectivity index (χ0n) is 10.7. The molecule has 7 heteroatoms. The number of anilines is 1. The van der Waals surface area contributed by atoms with Gasteiger partial charge in [0.05, 0.1) is 12.5 Å². The number of nitrogens with one attached hydrogen (secondary N) is 2. The lowest BCUT2D eigenvalue weighted by atomic mass is 10.2. The molecule has 1 amide bonds. The summed E-state index contributed by atoms with van der Waals surface area (Å²) in [4.78, 5) is 16.4. The highest BCUT2D eigenvalue weighted by Gasteiger charge is 2.15. The third kappa shape index (κ3) is 2.35. The number of furan rings is 1. The topological polar surface area (TPSA) is 83.8 Å². The fourth-order valence-corrected chi connectivity index (χ4v) is 2.52. The van der Waals surface area contributed by atoms with Crippen molar-refractivity contribution in [3.8, 4) is 10.8 Å². The van der Waals surface area contributed by atoms with Crippen molar-refractivity contribution in [3.63, 3.8) is 0 Å². The Labute approximate surface area is 118 Å². The van der Waals surface area contributed by atoms with E-state index in [2.05, 4.69) is 20.5 Å². The van der Waals surface area contributed by atoms with Crippen LogP contribution in [0.4, 0.5) is 5.82 Å². The number of carbonyl (C=O) groups excluding carboxylic acids is 1. The molecule has 0 fully saturated rings. The van der Waals surface area contributed by atoms with Gasteiger partial charge in [0, 0.05) is 10.9 Å². The molecule has 3 aromatic heterocycles. The van der Waals surface area contributed by atoms with E-state index in [1.165, 1.54) is 11.3 Å². The van der Waals surface area contributed by atoms with Gasteiger partial charge in [-0.3, -0.25) is 9.89 Å². The summed E-state index contributed by atoms with van der Waals surface area (Å²) in [5, 5.41) is 11.8. The molecule has 0 atom stereocenters. The number of aryl methyl sites for hydroxylation is 1. The molecule has 0 aliphatic carbocycles. The molecule has 0 spiro atoms. The van der Waals surface area contributed by atoms with E-state index >= 15 is 0 Å². The van der Waals surface area contributed by atoms with Crippen LogP contribution in [0.25, 0.3) is 10.8 Å². The van der Waals surface area contributed by atoms with Crippen LogP contribution in [0.2, 0.25) is 0 Å². The Morgan fingerprint density at radius 1 is 1.55 bits per heavy atom. The highest BCUT2D eigenvalue weighted by molar-refractivity contribution is 7.13. The van der Waals surface area contributed by atoms with Gasteiger partial charge in [0.15, 0.2) is 10.8 Å². The molecule has 0 saturated carbocycles. The quantitative estimate of drug-likeness (QED) is 0.773. The van der Waals surface area contributed by atoms with Gasteiger partial charge in [-0.2, -0.15) is 5.10 Å². The first-order chi connectivity index (χ1) is 9.78. The number of H-pyrrole nitrogens is 1. The summed E-state index contributed by atoms with van der Waals surface area (Å²) in [6.07, 6.45) is 4.07. The van der Waals surface area contributed by atoms with Crippen LogP contribution >= 0.6 is 11.3 Å². The zero-order chi connectivity index (χ0) is 13.9. The first kappa shape index (κ1) is 12.6. The van der Waals surface area contributed by atoms with Gasteiger partial charge < -0.3 is 9.73 Å². The van der Waals surface area contributed by atoms with Crippen molar-refractivity contribution in [2.24, 2.45) is 0 Å². The van der Waals surface area contributed by atoms with E-state index in [0.717, 1.165) is 12.0 Å². The van der Waals surface area contributed by atoms with Crippen molar-refractivity contribution in [3.05, 3.63) is 41.2 Å². The van der Waals surface area contributed by atoms with Crippen LogP contribution in [-0.4, -0.2) is 21.1 Å². The molecule has 3 rings (SSSR count). The second-order valence-electron chi connectivity index (χ2n) is 4.09. The van der Waals surface area contributed by atoms with Crippen LogP contribution in [0.1, 0.15) is 23.0 Å². The molecular formula is C13H12N4O2S. The van der Waals surface area contributed by atoms with Crippen molar-refractivity contribution >= 4 is 23.1 Å². The number of aromatic amines is 1. The minimum Gasteiger partial charge on any atom is -0.462 e. The fraction of sp³-hybridized carbons (Fsp3) is 0.154. The van der Waals surface area contributed by atoms with Crippen LogP contribution in [-0.2, 0) is 6.42 Å². The summed E-state index contributed by atoms with van der Waals surface area (Å²) >= 11 is 1.37. The van der Waals surface area contributed by atoms with E-state index in [0.29, 0.717) is 22.3 Å². The number of hydrogen-bond donors (Lipinski definition) is 2. The highest BCUT2D eigenvalue weighted by atomic mass is 32.1. The van der Waals surface area contributed by atoms with Crippen molar-refractivity contribution in [2.45, 2.75) is 13.3 Å². The molecule has 6 nitrogen and oxygen atoms in total. The third-order valence-electron chi connectivity index (χ3n) is 2.81. The molecule has 0 bridgehead atoms. The Morgan fingerprint density at radius 3 is 3.20 bits per heavy atom. The maximum absolute atomic E-state index is 12.1. The van der Waals surface area contributed by atoms with Gasteiger partial charge in [-0.15, -0.1) is 11.3 Å². The molecule has 0 aliphatic heterocycles. The van der Waals surface area contributed by atoms with Crippen molar-refractivity contribution < 1.29 is 9.21 Å². The average Bonchev–Trinajstić information content (AvgIpc) is 3.19. The molecule has 0 radical (unpaired) electrons. The van der Waals surface area contributed by atoms with Crippen LogP contribution < -0.4 is 5.32 Å². The molecule has 0 saturated heterocycles. The van der Waals surface area contributed by atoms with Gasteiger partial charge in [0.1, 0.15) is 11.5 Å². The number of amides is 1. The monoisotopic (exact) mass is 288 g/mol. The lowest BCUT2D eigenvalue weighted by Crippen LogP contribution is -2.13. The predicted octanol–water partition coefficient (Wildman–Crippen LogP) is 2.94. The number of aromatic nitrogens is 3. The standard InChI is InChI=1S/C13H12N4O2S/c1-2-8-6-14-17-11(8)16-12(18)9-7-20-13(15-9)10-4-3-5-19-10/h3-7H,2H2,1H3,(H2,14,16,17,18). The van der Waals surface area contributed by atoms with E-state index in [1.54, 1.807) is 23.9 Å². The minimum atomic E-state index is -0.266. The second-order valence-corrected chi connectivity index (χ2v) is 4.95. The number of rotatable bonds is 4. The normalized spacial score (nSPS) is 10.7. The Balaban J connectivity index is 1.78. The fourth-order valence-electron chi connectivity index (χ4n) is 1.76. The summed E-state index contributed by atoms with van der Waals surface area (Å²) < 4.78 is 5.26. The van der Waals surface area contributed by atoms with E-state index in [-0.39, 0.29) is 5.91 Å². The summed E-state index contributed by atoms with van der Waals surface area (Å²) in [5.41, 5.74) is 1.32.